The quantitative estimate of drug-likeness (QED) is 0.325. The summed E-state index contributed by atoms with van der Waals surface area (Å²) in [5.74, 6) is 1.94. The van der Waals surface area contributed by atoms with Crippen molar-refractivity contribution in [1.29, 1.82) is 0 Å². The molecule has 0 spiro atoms. The van der Waals surface area contributed by atoms with Crippen LogP contribution < -0.4 is 14.2 Å². The van der Waals surface area contributed by atoms with Crippen LogP contribution in [0.15, 0.2) is 34.2 Å². The van der Waals surface area contributed by atoms with Gasteiger partial charge in [0, 0.05) is 30.4 Å². The lowest BCUT2D eigenvalue weighted by Gasteiger charge is -2.29. The van der Waals surface area contributed by atoms with Crippen molar-refractivity contribution in [1.82, 2.24) is 19.6 Å². The first-order valence-electron chi connectivity index (χ1n) is 11.3. The summed E-state index contributed by atoms with van der Waals surface area (Å²) in [5, 5.41) is 19.1. The highest BCUT2D eigenvalue weighted by molar-refractivity contribution is 7.18. The Morgan fingerprint density at radius 3 is 2.75 bits per heavy atom. The van der Waals surface area contributed by atoms with Crippen LogP contribution in [-0.4, -0.2) is 44.7 Å². The fourth-order valence-electron chi connectivity index (χ4n) is 4.22. The first-order chi connectivity index (χ1) is 17.4. The van der Waals surface area contributed by atoms with E-state index in [9.17, 15) is 9.90 Å². The van der Waals surface area contributed by atoms with Gasteiger partial charge in [0.25, 0.3) is 5.19 Å². The number of benzene rings is 1. The number of carbonyl (C=O) groups excluding carboxylic acids is 1. The van der Waals surface area contributed by atoms with E-state index in [1.165, 1.54) is 22.7 Å². The van der Waals surface area contributed by atoms with E-state index in [-0.39, 0.29) is 12.4 Å². The second kappa shape index (κ2) is 8.87. The topological polar surface area (TPSA) is 121 Å². The standard InChI is InChI=1S/C24H22N4O6S2/c1-31-15-7-18(33-11-13-12-35-21(25-13)24(30)5-3-14(29)4-6-24)16-9-20(34-19(16)8-15)17-10-28-22(26-17)36-23(27-28)32-2/h7-10,12,30H,3-6,11H2,1-2H3. The third kappa shape index (κ3) is 4.10. The molecule has 1 saturated carbocycles. The van der Waals surface area contributed by atoms with Crippen molar-refractivity contribution in [3.05, 3.63) is 40.5 Å². The molecule has 1 aliphatic carbocycles. The van der Waals surface area contributed by atoms with Gasteiger partial charge in [-0.25, -0.2) is 14.5 Å². The Labute approximate surface area is 213 Å². The third-order valence-electron chi connectivity index (χ3n) is 6.22. The van der Waals surface area contributed by atoms with Gasteiger partial charge in [-0.1, -0.05) is 0 Å². The largest absolute Gasteiger partial charge is 0.496 e. The van der Waals surface area contributed by atoms with Gasteiger partial charge in [-0.15, -0.1) is 16.4 Å². The molecule has 0 bridgehead atoms. The summed E-state index contributed by atoms with van der Waals surface area (Å²) in [4.78, 5) is 21.5. The minimum absolute atomic E-state index is 0.188. The first-order valence-corrected chi connectivity index (χ1v) is 13.0. The first kappa shape index (κ1) is 23.0. The zero-order valence-electron chi connectivity index (χ0n) is 19.5. The summed E-state index contributed by atoms with van der Waals surface area (Å²) in [6.07, 6.45) is 3.35. The normalized spacial score (nSPS) is 15.6. The van der Waals surface area contributed by atoms with E-state index in [1.54, 1.807) is 37.1 Å². The van der Waals surface area contributed by atoms with Gasteiger partial charge in [0.1, 0.15) is 45.8 Å². The zero-order chi connectivity index (χ0) is 24.9. The number of fused-ring (bicyclic) bond motifs is 2. The molecule has 4 aromatic heterocycles. The number of Topliss-reactive ketones (excluding diaryl/α,β-unsaturated/α-hetero) is 1. The number of imidazole rings is 1. The van der Waals surface area contributed by atoms with E-state index >= 15 is 0 Å². The number of rotatable bonds is 7. The Kier molecular flexibility index (Phi) is 5.66. The van der Waals surface area contributed by atoms with E-state index in [1.807, 2.05) is 11.4 Å². The lowest BCUT2D eigenvalue weighted by atomic mass is 9.85. The molecule has 5 aromatic rings. The predicted molar refractivity (Wildman–Crippen MR) is 133 cm³/mol. The number of thiazole rings is 1. The van der Waals surface area contributed by atoms with Crippen LogP contribution in [0.4, 0.5) is 0 Å². The van der Waals surface area contributed by atoms with Crippen LogP contribution in [0.5, 0.6) is 16.7 Å². The molecular formula is C24H22N4O6S2. The molecule has 186 valence electrons. The Balaban J connectivity index is 1.26. The van der Waals surface area contributed by atoms with Crippen molar-refractivity contribution in [2.24, 2.45) is 0 Å². The summed E-state index contributed by atoms with van der Waals surface area (Å²) < 4.78 is 24.5. The number of methoxy groups -OCH3 is 2. The fraction of sp³-hybridized carbons (Fsp3) is 0.333. The maximum atomic E-state index is 11.6. The molecule has 10 nitrogen and oxygen atoms in total. The van der Waals surface area contributed by atoms with Gasteiger partial charge >= 0.3 is 0 Å². The molecule has 0 saturated heterocycles. The predicted octanol–water partition coefficient (Wildman–Crippen LogP) is 4.59. The van der Waals surface area contributed by atoms with Gasteiger partial charge in [-0.2, -0.15) is 0 Å². The van der Waals surface area contributed by atoms with E-state index in [4.69, 9.17) is 18.6 Å². The van der Waals surface area contributed by atoms with Gasteiger partial charge in [0.2, 0.25) is 4.96 Å². The van der Waals surface area contributed by atoms with E-state index < -0.39 is 5.60 Å². The zero-order valence-corrected chi connectivity index (χ0v) is 21.1. The van der Waals surface area contributed by atoms with Crippen LogP contribution in [-0.2, 0) is 17.0 Å². The molecule has 0 atom stereocenters. The van der Waals surface area contributed by atoms with Crippen molar-refractivity contribution in [2.45, 2.75) is 37.9 Å². The lowest BCUT2D eigenvalue weighted by Crippen LogP contribution is -2.31. The van der Waals surface area contributed by atoms with Gasteiger partial charge in [0.15, 0.2) is 5.76 Å². The van der Waals surface area contributed by atoms with Gasteiger partial charge in [-0.3, -0.25) is 4.79 Å². The summed E-state index contributed by atoms with van der Waals surface area (Å²) in [5.41, 5.74) is 0.896. The number of hydrogen-bond acceptors (Lipinski definition) is 11. The molecule has 0 unspecified atom stereocenters. The van der Waals surface area contributed by atoms with Gasteiger partial charge < -0.3 is 23.7 Å². The van der Waals surface area contributed by atoms with E-state index in [0.717, 1.165) is 5.39 Å². The Hall–Kier alpha value is -3.48. The van der Waals surface area contributed by atoms with Gasteiger partial charge in [0.05, 0.1) is 31.5 Å². The highest BCUT2D eigenvalue weighted by atomic mass is 32.1. The number of hydrogen-bond donors (Lipinski definition) is 1. The van der Waals surface area contributed by atoms with Crippen LogP contribution in [0.25, 0.3) is 27.4 Å². The molecule has 1 aromatic carbocycles. The number of furan rings is 1. The van der Waals surface area contributed by atoms with Crippen LogP contribution in [0.2, 0.25) is 0 Å². The molecule has 0 aliphatic heterocycles. The Morgan fingerprint density at radius 2 is 2.00 bits per heavy atom. The molecule has 0 amide bonds. The van der Waals surface area contributed by atoms with Crippen LogP contribution >= 0.6 is 22.7 Å². The number of nitrogens with zero attached hydrogens (tertiary/aromatic N) is 4. The molecule has 12 heteroatoms. The minimum atomic E-state index is -1.04. The van der Waals surface area contributed by atoms with E-state index in [2.05, 4.69) is 15.1 Å². The van der Waals surface area contributed by atoms with Crippen molar-refractivity contribution in [3.63, 3.8) is 0 Å². The van der Waals surface area contributed by atoms with Crippen LogP contribution in [0.1, 0.15) is 36.4 Å². The molecule has 1 aliphatic rings. The van der Waals surface area contributed by atoms with Crippen molar-refractivity contribution < 1.29 is 28.5 Å². The average molecular weight is 527 g/mol. The smallest absolute Gasteiger partial charge is 0.294 e. The minimum Gasteiger partial charge on any atom is -0.496 e. The molecule has 36 heavy (non-hydrogen) atoms. The highest BCUT2D eigenvalue weighted by Gasteiger charge is 2.36. The Bertz CT molecular complexity index is 1540. The second-order valence-corrected chi connectivity index (χ2v) is 10.4. The van der Waals surface area contributed by atoms with Crippen LogP contribution in [0.3, 0.4) is 0 Å². The summed E-state index contributed by atoms with van der Waals surface area (Å²) in [6.45, 7) is 0.207. The number of aromatic nitrogens is 4. The Morgan fingerprint density at radius 1 is 1.17 bits per heavy atom. The van der Waals surface area contributed by atoms with Crippen molar-refractivity contribution >= 4 is 44.4 Å². The van der Waals surface area contributed by atoms with Gasteiger partial charge in [-0.05, 0) is 30.2 Å². The summed E-state index contributed by atoms with van der Waals surface area (Å²) in [6, 6.07) is 5.47. The third-order valence-corrected chi connectivity index (χ3v) is 8.19. The van der Waals surface area contributed by atoms with E-state index in [0.29, 0.717) is 75.1 Å². The SMILES string of the molecule is COc1cc(OCc2csc(C3(O)CCC(=O)CC3)n2)c2cc(-c3cn4nc(OC)sc4n3)oc2c1. The molecule has 1 fully saturated rings. The van der Waals surface area contributed by atoms with Crippen molar-refractivity contribution in [3.8, 4) is 28.1 Å². The number of ether oxygens (including phenoxy) is 3. The molecule has 1 N–H and O–H groups in total. The monoisotopic (exact) mass is 526 g/mol. The number of ketones is 1. The molecule has 0 radical (unpaired) electrons. The summed E-state index contributed by atoms with van der Waals surface area (Å²) in [7, 11) is 3.15. The highest BCUT2D eigenvalue weighted by Crippen LogP contribution is 2.39. The maximum absolute atomic E-state index is 11.6. The number of carbonyl (C=O) groups is 1. The van der Waals surface area contributed by atoms with Crippen molar-refractivity contribution in [2.75, 3.05) is 14.2 Å². The lowest BCUT2D eigenvalue weighted by molar-refractivity contribution is -0.125. The maximum Gasteiger partial charge on any atom is 0.294 e. The average Bonchev–Trinajstić information content (AvgIpc) is 3.66. The molecule has 6 rings (SSSR count). The molecule has 4 heterocycles. The fourth-order valence-corrected chi connectivity index (χ4v) is 5.89. The van der Waals surface area contributed by atoms with Crippen LogP contribution in [0, 0.1) is 0 Å². The molecular weight excluding hydrogens is 504 g/mol. The number of aliphatic hydroxyl groups is 1. The second-order valence-electron chi connectivity index (χ2n) is 8.58. The summed E-state index contributed by atoms with van der Waals surface area (Å²) >= 11 is 2.73.